The van der Waals surface area contributed by atoms with Crippen molar-refractivity contribution in [3.05, 3.63) is 36.0 Å². The van der Waals surface area contributed by atoms with Crippen molar-refractivity contribution in [2.75, 3.05) is 6.54 Å². The molecule has 0 aromatic rings. The number of hydrogen-bond donors (Lipinski definition) is 2. The average molecular weight is 121 g/mol. The molecule has 9 heavy (non-hydrogen) atoms. The van der Waals surface area contributed by atoms with E-state index in [4.69, 9.17) is 5.84 Å². The normalized spacial score (nSPS) is 15.0. The Bertz CT molecular complexity index is 166. The number of hydrogen-bond acceptors (Lipinski definition) is 2. The zero-order chi connectivity index (χ0) is 6.53. The highest BCUT2D eigenvalue weighted by Crippen LogP contribution is 1.99. The Kier molecular flexibility index (Phi) is 2.16. The van der Waals surface area contributed by atoms with Crippen LogP contribution < -0.4 is 11.3 Å². The molecule has 3 N–H and O–H groups in total. The number of hydrazine groups is 1. The molecule has 0 saturated carbocycles. The Morgan fingerprint density at radius 3 is 3.11 bits per heavy atom. The standard InChI is InChI=1S/C7H9N2/c8-9-6-7-4-2-1-3-5-7/h2-5,9H,6,8H2/q+1. The van der Waals surface area contributed by atoms with E-state index in [1.165, 1.54) is 5.57 Å². The van der Waals surface area contributed by atoms with E-state index in [2.05, 4.69) is 11.5 Å². The van der Waals surface area contributed by atoms with Crippen molar-refractivity contribution in [1.29, 1.82) is 0 Å². The smallest absolute Gasteiger partial charge is 0.103 e. The Balaban J connectivity index is 2.51. The minimum Gasteiger partial charge on any atom is -0.271 e. The number of nitrogens with one attached hydrogen (secondary N) is 1. The predicted octanol–water partition coefficient (Wildman–Crippen LogP) is 0.305. The van der Waals surface area contributed by atoms with Crippen molar-refractivity contribution < 1.29 is 0 Å². The van der Waals surface area contributed by atoms with Gasteiger partial charge in [0.15, 0.2) is 0 Å². The zero-order valence-corrected chi connectivity index (χ0v) is 5.09. The maximum Gasteiger partial charge on any atom is 0.103 e. The fourth-order valence-electron chi connectivity index (χ4n) is 0.657. The first-order chi connectivity index (χ1) is 4.43. The van der Waals surface area contributed by atoms with Gasteiger partial charge >= 0.3 is 0 Å². The maximum absolute atomic E-state index is 5.10. The fraction of sp³-hybridized carbons (Fsp3) is 0.143. The van der Waals surface area contributed by atoms with Gasteiger partial charge in [-0.05, 0) is 0 Å². The third-order valence-electron chi connectivity index (χ3n) is 1.09. The van der Waals surface area contributed by atoms with Gasteiger partial charge < -0.3 is 0 Å². The van der Waals surface area contributed by atoms with Crippen molar-refractivity contribution >= 4 is 0 Å². The minimum atomic E-state index is 0.717. The zero-order valence-electron chi connectivity index (χ0n) is 5.09. The van der Waals surface area contributed by atoms with E-state index < -0.39 is 0 Å². The van der Waals surface area contributed by atoms with Gasteiger partial charge in [0.05, 0.1) is 24.3 Å². The van der Waals surface area contributed by atoms with Gasteiger partial charge in [0.25, 0.3) is 0 Å². The molecule has 0 heterocycles. The van der Waals surface area contributed by atoms with Crippen LogP contribution in [-0.4, -0.2) is 6.54 Å². The molecule has 1 aliphatic carbocycles. The molecule has 0 fully saturated rings. The molecule has 0 amide bonds. The van der Waals surface area contributed by atoms with E-state index in [1.807, 2.05) is 24.3 Å². The molecule has 0 bridgehead atoms. The van der Waals surface area contributed by atoms with E-state index in [-0.39, 0.29) is 0 Å². The van der Waals surface area contributed by atoms with Crippen LogP contribution in [0.4, 0.5) is 0 Å². The molecule has 0 atom stereocenters. The number of allylic oxidation sites excluding steroid dienone is 4. The summed E-state index contributed by atoms with van der Waals surface area (Å²) in [6.45, 7) is 0.717. The SMILES string of the molecule is NNCC1=CC=[C+]C=C1. The third-order valence-corrected chi connectivity index (χ3v) is 1.09. The van der Waals surface area contributed by atoms with Crippen LogP contribution in [0.2, 0.25) is 0 Å². The average Bonchev–Trinajstić information content (AvgIpc) is 1.91. The summed E-state index contributed by atoms with van der Waals surface area (Å²) in [6.07, 6.45) is 10.6. The summed E-state index contributed by atoms with van der Waals surface area (Å²) in [5.74, 6) is 5.10. The van der Waals surface area contributed by atoms with E-state index in [0.717, 1.165) is 0 Å². The van der Waals surface area contributed by atoms with Crippen LogP contribution in [0.25, 0.3) is 0 Å². The van der Waals surface area contributed by atoms with Crippen LogP contribution in [-0.2, 0) is 0 Å². The number of rotatable bonds is 2. The Hall–Kier alpha value is -0.950. The molecule has 0 aromatic heterocycles. The second-order valence-electron chi connectivity index (χ2n) is 1.79. The lowest BCUT2D eigenvalue weighted by Crippen LogP contribution is -2.23. The molecule has 0 saturated heterocycles. The summed E-state index contributed by atoms with van der Waals surface area (Å²) in [7, 11) is 0. The summed E-state index contributed by atoms with van der Waals surface area (Å²) < 4.78 is 0. The van der Waals surface area contributed by atoms with Crippen LogP contribution >= 0.6 is 0 Å². The van der Waals surface area contributed by atoms with Crippen molar-refractivity contribution in [3.63, 3.8) is 0 Å². The van der Waals surface area contributed by atoms with Crippen molar-refractivity contribution in [2.24, 2.45) is 5.84 Å². The second-order valence-corrected chi connectivity index (χ2v) is 1.79. The summed E-state index contributed by atoms with van der Waals surface area (Å²) in [4.78, 5) is 0. The monoisotopic (exact) mass is 121 g/mol. The third kappa shape index (κ3) is 1.78. The number of nitrogens with two attached hydrogens (primary N) is 1. The van der Waals surface area contributed by atoms with Gasteiger partial charge in [0.1, 0.15) is 12.2 Å². The lowest BCUT2D eigenvalue weighted by molar-refractivity contribution is 0.806. The van der Waals surface area contributed by atoms with Gasteiger partial charge in [-0.15, -0.1) is 0 Å². The molecule has 0 spiro atoms. The molecule has 46 valence electrons. The molecule has 2 nitrogen and oxygen atoms in total. The first-order valence-electron chi connectivity index (χ1n) is 2.82. The highest BCUT2D eigenvalue weighted by molar-refractivity contribution is 5.30. The van der Waals surface area contributed by atoms with E-state index in [1.54, 1.807) is 0 Å². The van der Waals surface area contributed by atoms with Crippen LogP contribution in [0, 0.1) is 6.08 Å². The second kappa shape index (κ2) is 3.15. The lowest BCUT2D eigenvalue weighted by atomic mass is 10.1. The van der Waals surface area contributed by atoms with Gasteiger partial charge in [-0.2, -0.15) is 0 Å². The lowest BCUT2D eigenvalue weighted by Gasteiger charge is -1.92. The van der Waals surface area contributed by atoms with Gasteiger partial charge in [-0.25, -0.2) is 0 Å². The fourth-order valence-corrected chi connectivity index (χ4v) is 0.657. The highest BCUT2D eigenvalue weighted by atomic mass is 15.2. The van der Waals surface area contributed by atoms with Gasteiger partial charge in [-0.1, -0.05) is 0 Å². The van der Waals surface area contributed by atoms with Crippen LogP contribution in [0.1, 0.15) is 0 Å². The largest absolute Gasteiger partial charge is 0.271 e. The Labute approximate surface area is 54.7 Å². The first kappa shape index (κ1) is 6.17. The van der Waals surface area contributed by atoms with Crippen molar-refractivity contribution in [1.82, 2.24) is 5.43 Å². The van der Waals surface area contributed by atoms with E-state index in [9.17, 15) is 0 Å². The molecule has 2 heteroatoms. The summed E-state index contributed by atoms with van der Waals surface area (Å²) in [5.41, 5.74) is 3.75. The van der Waals surface area contributed by atoms with Gasteiger partial charge in [-0.3, -0.25) is 11.3 Å². The molecule has 0 unspecified atom stereocenters. The molecule has 1 rings (SSSR count). The van der Waals surface area contributed by atoms with Gasteiger partial charge in [0.2, 0.25) is 0 Å². The van der Waals surface area contributed by atoms with E-state index in [0.29, 0.717) is 6.54 Å². The predicted molar refractivity (Wildman–Crippen MR) is 37.2 cm³/mol. The summed E-state index contributed by atoms with van der Waals surface area (Å²) in [5, 5.41) is 0. The Morgan fingerprint density at radius 1 is 1.67 bits per heavy atom. The van der Waals surface area contributed by atoms with Crippen LogP contribution in [0.15, 0.2) is 29.9 Å². The van der Waals surface area contributed by atoms with Gasteiger partial charge in [0, 0.05) is 6.08 Å². The molecular formula is C7H9N2+. The molecule has 0 aromatic carbocycles. The quantitative estimate of drug-likeness (QED) is 0.313. The van der Waals surface area contributed by atoms with Crippen LogP contribution in [0.3, 0.4) is 0 Å². The van der Waals surface area contributed by atoms with Crippen molar-refractivity contribution in [2.45, 2.75) is 0 Å². The van der Waals surface area contributed by atoms with E-state index >= 15 is 0 Å². The first-order valence-corrected chi connectivity index (χ1v) is 2.82. The maximum atomic E-state index is 5.10. The highest BCUT2D eigenvalue weighted by Gasteiger charge is 1.98. The summed E-state index contributed by atoms with van der Waals surface area (Å²) >= 11 is 0. The molecule has 0 radical (unpaired) electrons. The molecular weight excluding hydrogens is 112 g/mol. The molecule has 0 aliphatic heterocycles. The molecule has 1 aliphatic rings. The Morgan fingerprint density at radius 2 is 2.56 bits per heavy atom. The van der Waals surface area contributed by atoms with Crippen LogP contribution in [0.5, 0.6) is 0 Å². The minimum absolute atomic E-state index is 0.717. The van der Waals surface area contributed by atoms with Crippen molar-refractivity contribution in [3.8, 4) is 0 Å². The summed E-state index contributed by atoms with van der Waals surface area (Å²) in [6, 6.07) is 0. The topological polar surface area (TPSA) is 38.0 Å².